The second kappa shape index (κ2) is 5.59. The third-order valence-electron chi connectivity index (χ3n) is 1.79. The van der Waals surface area contributed by atoms with E-state index in [9.17, 15) is 14.8 Å². The number of rotatable bonds is 4. The van der Waals surface area contributed by atoms with Crippen LogP contribution < -0.4 is 0 Å². The summed E-state index contributed by atoms with van der Waals surface area (Å²) in [5.74, 6) is -0.981. The van der Waals surface area contributed by atoms with Gasteiger partial charge in [-0.1, -0.05) is 13.8 Å². The van der Waals surface area contributed by atoms with E-state index in [1.54, 1.807) is 0 Å². The van der Waals surface area contributed by atoms with Crippen molar-refractivity contribution in [2.45, 2.75) is 33.2 Å². The van der Waals surface area contributed by atoms with Crippen molar-refractivity contribution >= 4 is 11.9 Å². The van der Waals surface area contributed by atoms with Crippen molar-refractivity contribution in [2.75, 3.05) is 7.11 Å². The highest BCUT2D eigenvalue weighted by atomic mass is 16.5. The van der Waals surface area contributed by atoms with E-state index in [1.165, 1.54) is 14.0 Å². The van der Waals surface area contributed by atoms with E-state index in [0.29, 0.717) is 11.5 Å². The number of methoxy groups -OCH3 is 1. The summed E-state index contributed by atoms with van der Waals surface area (Å²) in [6.07, 6.45) is 0.378. The van der Waals surface area contributed by atoms with E-state index in [-0.39, 0.29) is 5.92 Å². The molecule has 0 aliphatic carbocycles. The molecular weight excluding hydrogens is 186 g/mol. The van der Waals surface area contributed by atoms with Gasteiger partial charge < -0.3 is 4.74 Å². The lowest BCUT2D eigenvalue weighted by molar-refractivity contribution is -0.187. The second-order valence-corrected chi connectivity index (χ2v) is 3.53. The van der Waals surface area contributed by atoms with E-state index in [4.69, 9.17) is 0 Å². The zero-order valence-electron chi connectivity index (χ0n) is 8.98. The molecule has 1 amide bonds. The van der Waals surface area contributed by atoms with Crippen LogP contribution in [0.4, 0.5) is 0 Å². The first-order valence-electron chi connectivity index (χ1n) is 4.46. The van der Waals surface area contributed by atoms with E-state index < -0.39 is 17.9 Å². The first-order valence-corrected chi connectivity index (χ1v) is 4.46. The Labute approximate surface area is 83.6 Å². The summed E-state index contributed by atoms with van der Waals surface area (Å²) in [5.41, 5.74) is 0. The summed E-state index contributed by atoms with van der Waals surface area (Å²) in [7, 11) is 1.23. The van der Waals surface area contributed by atoms with Gasteiger partial charge in [0.1, 0.15) is 0 Å². The van der Waals surface area contributed by atoms with Gasteiger partial charge in [-0.2, -0.15) is 0 Å². The second-order valence-electron chi connectivity index (χ2n) is 3.53. The number of carbonyl (C=O) groups is 2. The monoisotopic (exact) mass is 203 g/mol. The Morgan fingerprint density at radius 2 is 1.93 bits per heavy atom. The average Bonchev–Trinajstić information content (AvgIpc) is 2.11. The van der Waals surface area contributed by atoms with E-state index in [0.717, 1.165) is 0 Å². The molecule has 1 atom stereocenters. The number of hydroxylamine groups is 2. The zero-order valence-corrected chi connectivity index (χ0v) is 8.98. The van der Waals surface area contributed by atoms with Crippen LogP contribution >= 0.6 is 0 Å². The molecular formula is C9H17NO4. The van der Waals surface area contributed by atoms with Crippen molar-refractivity contribution in [3.63, 3.8) is 0 Å². The van der Waals surface area contributed by atoms with Gasteiger partial charge in [0.15, 0.2) is 6.04 Å². The highest BCUT2D eigenvalue weighted by Gasteiger charge is 2.28. The number of hydrogen-bond acceptors (Lipinski definition) is 4. The van der Waals surface area contributed by atoms with Crippen LogP contribution in [-0.2, 0) is 14.3 Å². The van der Waals surface area contributed by atoms with Crippen molar-refractivity contribution < 1.29 is 19.5 Å². The Balaban J connectivity index is 4.54. The highest BCUT2D eigenvalue weighted by Crippen LogP contribution is 2.11. The minimum Gasteiger partial charge on any atom is -0.467 e. The first kappa shape index (κ1) is 12.9. The Morgan fingerprint density at radius 3 is 2.21 bits per heavy atom. The Hall–Kier alpha value is -1.10. The molecule has 0 fully saturated rings. The molecule has 0 spiro atoms. The van der Waals surface area contributed by atoms with Gasteiger partial charge in [-0.25, -0.2) is 9.86 Å². The molecule has 0 bridgehead atoms. The molecule has 14 heavy (non-hydrogen) atoms. The smallest absolute Gasteiger partial charge is 0.331 e. The number of esters is 1. The molecule has 5 nitrogen and oxygen atoms in total. The van der Waals surface area contributed by atoms with Crippen molar-refractivity contribution in [1.82, 2.24) is 5.06 Å². The minimum atomic E-state index is -0.905. The molecule has 0 aromatic heterocycles. The molecule has 0 radical (unpaired) electrons. The molecule has 0 saturated heterocycles. The number of nitrogens with zero attached hydrogens (tertiary/aromatic N) is 1. The van der Waals surface area contributed by atoms with E-state index >= 15 is 0 Å². The lowest BCUT2D eigenvalue weighted by Crippen LogP contribution is -2.43. The summed E-state index contributed by atoms with van der Waals surface area (Å²) in [4.78, 5) is 22.1. The molecule has 0 saturated carbocycles. The van der Waals surface area contributed by atoms with Crippen LogP contribution in [0.5, 0.6) is 0 Å². The van der Waals surface area contributed by atoms with Gasteiger partial charge in [0.2, 0.25) is 5.91 Å². The molecule has 0 heterocycles. The van der Waals surface area contributed by atoms with Crippen LogP contribution in [0, 0.1) is 5.92 Å². The Morgan fingerprint density at radius 1 is 1.43 bits per heavy atom. The first-order chi connectivity index (χ1) is 6.40. The molecule has 0 aromatic carbocycles. The van der Waals surface area contributed by atoms with Gasteiger partial charge in [0.05, 0.1) is 7.11 Å². The van der Waals surface area contributed by atoms with Gasteiger partial charge >= 0.3 is 5.97 Å². The molecule has 5 heteroatoms. The van der Waals surface area contributed by atoms with Crippen LogP contribution in [0.15, 0.2) is 0 Å². The zero-order chi connectivity index (χ0) is 11.3. The molecule has 0 aliphatic rings. The number of carbonyl (C=O) groups excluding carboxylic acids is 2. The largest absolute Gasteiger partial charge is 0.467 e. The number of hydrogen-bond donors (Lipinski definition) is 1. The maximum Gasteiger partial charge on any atom is 0.331 e. The SMILES string of the molecule is COC(=O)[C@H](CC(C)C)N(O)C(C)=O. The topological polar surface area (TPSA) is 66.8 Å². The molecule has 0 aliphatic heterocycles. The van der Waals surface area contributed by atoms with Crippen LogP contribution in [0.3, 0.4) is 0 Å². The van der Waals surface area contributed by atoms with Gasteiger partial charge in [-0.15, -0.1) is 0 Å². The van der Waals surface area contributed by atoms with Crippen LogP contribution in [0.1, 0.15) is 27.2 Å². The standard InChI is InChI=1S/C9H17NO4/c1-6(2)5-8(9(12)14-4)10(13)7(3)11/h6,8,13H,5H2,1-4H3/t8-/m0/s1. The fraction of sp³-hybridized carbons (Fsp3) is 0.778. The van der Waals surface area contributed by atoms with Crippen LogP contribution in [0.25, 0.3) is 0 Å². The quantitative estimate of drug-likeness (QED) is 0.417. The molecule has 0 aromatic rings. The third-order valence-corrected chi connectivity index (χ3v) is 1.79. The van der Waals surface area contributed by atoms with Crippen molar-refractivity contribution in [3.8, 4) is 0 Å². The highest BCUT2D eigenvalue weighted by molar-refractivity contribution is 5.82. The molecule has 82 valence electrons. The van der Waals surface area contributed by atoms with Crippen molar-refractivity contribution in [3.05, 3.63) is 0 Å². The summed E-state index contributed by atoms with van der Waals surface area (Å²) < 4.78 is 4.49. The maximum atomic E-state index is 11.2. The number of ether oxygens (including phenoxy) is 1. The fourth-order valence-electron chi connectivity index (χ4n) is 1.10. The Kier molecular flexibility index (Phi) is 5.15. The van der Waals surface area contributed by atoms with Crippen LogP contribution in [-0.4, -0.2) is 35.3 Å². The Bertz CT molecular complexity index is 215. The van der Waals surface area contributed by atoms with Gasteiger partial charge in [-0.05, 0) is 12.3 Å². The van der Waals surface area contributed by atoms with Crippen molar-refractivity contribution in [1.29, 1.82) is 0 Å². The van der Waals surface area contributed by atoms with Crippen LogP contribution in [0.2, 0.25) is 0 Å². The minimum absolute atomic E-state index is 0.188. The average molecular weight is 203 g/mol. The van der Waals surface area contributed by atoms with Crippen molar-refractivity contribution in [2.24, 2.45) is 5.92 Å². The predicted molar refractivity (Wildman–Crippen MR) is 49.6 cm³/mol. The summed E-state index contributed by atoms with van der Waals surface area (Å²) >= 11 is 0. The summed E-state index contributed by atoms with van der Waals surface area (Å²) in [5, 5.41) is 9.74. The lowest BCUT2D eigenvalue weighted by Gasteiger charge is -2.23. The van der Waals surface area contributed by atoms with Gasteiger partial charge in [0, 0.05) is 6.92 Å². The maximum absolute atomic E-state index is 11.2. The summed E-state index contributed by atoms with van der Waals surface area (Å²) in [6.45, 7) is 4.98. The summed E-state index contributed by atoms with van der Waals surface area (Å²) in [6, 6.07) is -0.905. The van der Waals surface area contributed by atoms with Gasteiger partial charge in [0.25, 0.3) is 0 Å². The molecule has 0 rings (SSSR count). The molecule has 1 N–H and O–H groups in total. The number of amides is 1. The third kappa shape index (κ3) is 3.74. The predicted octanol–water partition coefficient (Wildman–Crippen LogP) is 0.812. The van der Waals surface area contributed by atoms with E-state index in [1.807, 2.05) is 13.8 Å². The van der Waals surface area contributed by atoms with Gasteiger partial charge in [-0.3, -0.25) is 10.0 Å². The fourth-order valence-corrected chi connectivity index (χ4v) is 1.10. The van der Waals surface area contributed by atoms with E-state index in [2.05, 4.69) is 4.74 Å². The lowest BCUT2D eigenvalue weighted by atomic mass is 10.0. The molecule has 0 unspecified atom stereocenters. The normalized spacial score (nSPS) is 12.4.